The molecule has 0 amide bonds. The van der Waals surface area contributed by atoms with Gasteiger partial charge >= 0.3 is 0 Å². The molecule has 3 aromatic rings. The highest BCUT2D eigenvalue weighted by atomic mass is 35.5. The summed E-state index contributed by atoms with van der Waals surface area (Å²) in [6.07, 6.45) is 0. The summed E-state index contributed by atoms with van der Waals surface area (Å²) in [6.45, 7) is -0.267. The summed E-state index contributed by atoms with van der Waals surface area (Å²) < 4.78 is 52.3. The zero-order valence-corrected chi connectivity index (χ0v) is 18.7. The fourth-order valence-electron chi connectivity index (χ4n) is 3.47. The molecule has 0 radical (unpaired) electrons. The molecule has 0 unspecified atom stereocenters. The molecule has 0 spiro atoms. The fraction of sp³-hybridized carbons (Fsp3) is 0.182. The van der Waals surface area contributed by atoms with Crippen molar-refractivity contribution in [2.75, 3.05) is 6.79 Å². The van der Waals surface area contributed by atoms with Crippen molar-refractivity contribution < 1.29 is 27.2 Å². The topological polar surface area (TPSA) is 99.0 Å². The van der Waals surface area contributed by atoms with Crippen LogP contribution in [0.4, 0.5) is 10.1 Å². The molecule has 0 saturated carbocycles. The van der Waals surface area contributed by atoms with Crippen LogP contribution in [0.3, 0.4) is 0 Å². The molecule has 11 heteroatoms. The SMILES string of the molecule is O=[N+]([O-])c1cc2c(c(CN(Cc3ccc(F)cc3)S(=O)(=O)c3ccc(Cl)cc3)c1)OCOC2. The Labute approximate surface area is 194 Å². The fourth-order valence-corrected chi connectivity index (χ4v) is 5.00. The third-order valence-corrected chi connectivity index (χ3v) is 7.11. The van der Waals surface area contributed by atoms with Gasteiger partial charge < -0.3 is 9.47 Å². The molecule has 1 heterocycles. The normalized spacial score (nSPS) is 13.4. The molecule has 8 nitrogen and oxygen atoms in total. The Morgan fingerprint density at radius 1 is 1.06 bits per heavy atom. The summed E-state index contributed by atoms with van der Waals surface area (Å²) in [6, 6.07) is 13.7. The predicted octanol–water partition coefficient (Wildman–Crippen LogP) is 4.64. The molecular weight excluding hydrogens is 475 g/mol. The Balaban J connectivity index is 1.78. The van der Waals surface area contributed by atoms with Gasteiger partial charge in [0, 0.05) is 41.4 Å². The van der Waals surface area contributed by atoms with Gasteiger partial charge in [-0.25, -0.2) is 12.8 Å². The minimum absolute atomic E-state index is 0.00226. The van der Waals surface area contributed by atoms with Crippen LogP contribution in [-0.2, 0) is 34.5 Å². The summed E-state index contributed by atoms with van der Waals surface area (Å²) in [5, 5.41) is 11.8. The maximum Gasteiger partial charge on any atom is 0.270 e. The Bertz CT molecular complexity index is 1280. The molecular formula is C22H18ClFN2O6S. The Morgan fingerprint density at radius 2 is 1.76 bits per heavy atom. The van der Waals surface area contributed by atoms with Crippen LogP contribution in [0, 0.1) is 15.9 Å². The number of sulfonamides is 1. The molecule has 1 aliphatic heterocycles. The third-order valence-electron chi connectivity index (χ3n) is 5.05. The van der Waals surface area contributed by atoms with Crippen molar-refractivity contribution in [1.82, 2.24) is 4.31 Å². The average Bonchev–Trinajstić information content (AvgIpc) is 2.80. The molecule has 0 fully saturated rings. The van der Waals surface area contributed by atoms with Crippen molar-refractivity contribution >= 4 is 27.3 Å². The largest absolute Gasteiger partial charge is 0.467 e. The molecule has 0 aliphatic carbocycles. The zero-order chi connectivity index (χ0) is 23.6. The first-order valence-corrected chi connectivity index (χ1v) is 11.6. The van der Waals surface area contributed by atoms with Crippen LogP contribution in [0.5, 0.6) is 5.75 Å². The summed E-state index contributed by atoms with van der Waals surface area (Å²) in [5.41, 5.74) is 1.11. The minimum atomic E-state index is -4.06. The van der Waals surface area contributed by atoms with E-state index in [0.29, 0.717) is 27.5 Å². The number of non-ortho nitro benzene ring substituents is 1. The van der Waals surface area contributed by atoms with Gasteiger partial charge in [0.2, 0.25) is 10.0 Å². The van der Waals surface area contributed by atoms with Gasteiger partial charge in [-0.05, 0) is 42.0 Å². The van der Waals surface area contributed by atoms with Gasteiger partial charge in [0.05, 0.1) is 16.4 Å². The minimum Gasteiger partial charge on any atom is -0.467 e. The average molecular weight is 493 g/mol. The van der Waals surface area contributed by atoms with E-state index in [2.05, 4.69) is 0 Å². The molecule has 172 valence electrons. The van der Waals surface area contributed by atoms with Crippen LogP contribution < -0.4 is 4.74 Å². The van der Waals surface area contributed by atoms with Gasteiger partial charge in [0.25, 0.3) is 5.69 Å². The van der Waals surface area contributed by atoms with Crippen molar-refractivity contribution in [3.05, 3.63) is 98.3 Å². The second-order valence-electron chi connectivity index (χ2n) is 7.31. The lowest BCUT2D eigenvalue weighted by Crippen LogP contribution is -2.31. The number of hydrogen-bond donors (Lipinski definition) is 0. The zero-order valence-electron chi connectivity index (χ0n) is 17.1. The number of ether oxygens (including phenoxy) is 2. The number of nitrogens with zero attached hydrogens (tertiary/aromatic N) is 2. The summed E-state index contributed by atoms with van der Waals surface area (Å²) in [5.74, 6) is -0.103. The Morgan fingerprint density at radius 3 is 2.42 bits per heavy atom. The molecule has 3 aromatic carbocycles. The lowest BCUT2D eigenvalue weighted by atomic mass is 10.1. The number of rotatable bonds is 7. The summed E-state index contributed by atoms with van der Waals surface area (Å²) >= 11 is 5.91. The van der Waals surface area contributed by atoms with Crippen molar-refractivity contribution in [2.24, 2.45) is 0 Å². The molecule has 4 rings (SSSR count). The highest BCUT2D eigenvalue weighted by molar-refractivity contribution is 7.89. The first-order chi connectivity index (χ1) is 15.7. The number of nitro groups is 1. The summed E-state index contributed by atoms with van der Waals surface area (Å²) in [7, 11) is -4.06. The number of hydrogen-bond acceptors (Lipinski definition) is 6. The number of fused-ring (bicyclic) bond motifs is 1. The first kappa shape index (κ1) is 23.1. The molecule has 0 aromatic heterocycles. The number of halogens is 2. The van der Waals surface area contributed by atoms with Crippen molar-refractivity contribution in [3.8, 4) is 5.75 Å². The van der Waals surface area contributed by atoms with Gasteiger partial charge in [-0.2, -0.15) is 4.31 Å². The summed E-state index contributed by atoms with van der Waals surface area (Å²) in [4.78, 5) is 10.9. The highest BCUT2D eigenvalue weighted by Crippen LogP contribution is 2.35. The van der Waals surface area contributed by atoms with Crippen molar-refractivity contribution in [1.29, 1.82) is 0 Å². The van der Waals surface area contributed by atoms with Crippen LogP contribution in [0.1, 0.15) is 16.7 Å². The molecule has 0 bridgehead atoms. The Kier molecular flexibility index (Phi) is 6.61. The lowest BCUT2D eigenvalue weighted by molar-refractivity contribution is -0.385. The number of benzene rings is 3. The van der Waals surface area contributed by atoms with E-state index in [1.165, 1.54) is 60.7 Å². The third kappa shape index (κ3) is 5.14. The molecule has 0 atom stereocenters. The maximum atomic E-state index is 13.5. The van der Waals surface area contributed by atoms with Gasteiger partial charge in [-0.1, -0.05) is 23.7 Å². The van der Waals surface area contributed by atoms with Crippen LogP contribution in [0.2, 0.25) is 5.02 Å². The van der Waals surface area contributed by atoms with Crippen molar-refractivity contribution in [2.45, 2.75) is 24.6 Å². The van der Waals surface area contributed by atoms with Gasteiger partial charge in [-0.15, -0.1) is 0 Å². The molecule has 33 heavy (non-hydrogen) atoms. The second kappa shape index (κ2) is 9.44. The van der Waals surface area contributed by atoms with E-state index in [-0.39, 0.29) is 37.1 Å². The van der Waals surface area contributed by atoms with E-state index in [1.807, 2.05) is 0 Å². The molecule has 0 saturated heterocycles. The van der Waals surface area contributed by atoms with E-state index in [4.69, 9.17) is 21.1 Å². The van der Waals surface area contributed by atoms with Crippen LogP contribution >= 0.6 is 11.6 Å². The van der Waals surface area contributed by atoms with Gasteiger partial charge in [0.1, 0.15) is 11.6 Å². The molecule has 0 N–H and O–H groups in total. The standard InChI is InChI=1S/C22H18ClFN2O6S/c23-18-3-7-21(8-4-18)33(29,30)25(11-15-1-5-19(24)6-2-15)12-16-9-20(26(27)28)10-17-13-31-14-32-22(16)17/h1-10H,11-14H2. The smallest absolute Gasteiger partial charge is 0.270 e. The van der Waals surface area contributed by atoms with Gasteiger partial charge in [-0.3, -0.25) is 10.1 Å². The van der Waals surface area contributed by atoms with E-state index in [9.17, 15) is 22.9 Å². The van der Waals surface area contributed by atoms with E-state index < -0.39 is 20.8 Å². The van der Waals surface area contributed by atoms with E-state index in [0.717, 1.165) is 4.31 Å². The maximum absolute atomic E-state index is 13.5. The predicted molar refractivity (Wildman–Crippen MR) is 118 cm³/mol. The van der Waals surface area contributed by atoms with Gasteiger partial charge in [0.15, 0.2) is 6.79 Å². The lowest BCUT2D eigenvalue weighted by Gasteiger charge is -2.26. The number of nitro benzene ring substituents is 1. The molecule has 1 aliphatic rings. The van der Waals surface area contributed by atoms with Crippen molar-refractivity contribution in [3.63, 3.8) is 0 Å². The highest BCUT2D eigenvalue weighted by Gasteiger charge is 2.29. The van der Waals surface area contributed by atoms with E-state index in [1.54, 1.807) is 0 Å². The van der Waals surface area contributed by atoms with Crippen LogP contribution in [0.15, 0.2) is 65.6 Å². The van der Waals surface area contributed by atoms with Crippen LogP contribution in [-0.4, -0.2) is 24.4 Å². The Hall–Kier alpha value is -3.05. The van der Waals surface area contributed by atoms with E-state index >= 15 is 0 Å². The van der Waals surface area contributed by atoms with Crippen LogP contribution in [0.25, 0.3) is 0 Å². The second-order valence-corrected chi connectivity index (χ2v) is 9.69. The quantitative estimate of drug-likeness (QED) is 0.352. The first-order valence-electron chi connectivity index (χ1n) is 9.75. The monoisotopic (exact) mass is 492 g/mol.